The molecule has 0 amide bonds. The van der Waals surface area contributed by atoms with E-state index >= 15 is 4.79 Å². The number of rotatable bonds is 9. The van der Waals surface area contributed by atoms with Crippen LogP contribution in [0.25, 0.3) is 0 Å². The van der Waals surface area contributed by atoms with Crippen LogP contribution in [0.2, 0.25) is 0 Å². The molecule has 2 heterocycles. The van der Waals surface area contributed by atoms with Gasteiger partial charge in [-0.15, -0.1) is 0 Å². The van der Waals surface area contributed by atoms with Crippen molar-refractivity contribution < 1.29 is 71.5 Å². The summed E-state index contributed by atoms with van der Waals surface area (Å²) < 4.78 is 51.1. The molecule has 66 heavy (non-hydrogen) atoms. The quantitative estimate of drug-likeness (QED) is 0.0931. The topological polar surface area (TPSA) is 193 Å². The summed E-state index contributed by atoms with van der Waals surface area (Å²) in [6.45, 7) is 6.95. The minimum Gasteiger partial charge on any atom is -0.458 e. The van der Waals surface area contributed by atoms with Gasteiger partial charge >= 0.3 is 41.8 Å². The fraction of sp³-hybridized carbons (Fsp3) is 0.353. The maximum absolute atomic E-state index is 16.6. The Bertz CT molecular complexity index is 2670. The van der Waals surface area contributed by atoms with E-state index in [4.69, 9.17) is 37.9 Å². The third-order valence-corrected chi connectivity index (χ3v) is 14.1. The van der Waals surface area contributed by atoms with Crippen molar-refractivity contribution in [2.24, 2.45) is 16.7 Å². The number of ketones is 1. The van der Waals surface area contributed by atoms with E-state index in [2.05, 4.69) is 0 Å². The van der Waals surface area contributed by atoms with Crippen LogP contribution in [0.4, 0.5) is 4.79 Å². The predicted molar refractivity (Wildman–Crippen MR) is 228 cm³/mol. The second kappa shape index (κ2) is 16.1. The average molecular weight is 899 g/mol. The first-order valence-corrected chi connectivity index (χ1v) is 21.5. The molecule has 2 bridgehead atoms. The molecule has 2 saturated heterocycles. The molecule has 4 aromatic rings. The van der Waals surface area contributed by atoms with Gasteiger partial charge in [0.2, 0.25) is 5.60 Å². The molecular formula is C51H46O15. The number of carbonyl (C=O) groups excluding carboxylic acids is 7. The lowest BCUT2D eigenvalue weighted by atomic mass is 9.43. The van der Waals surface area contributed by atoms with E-state index in [0.717, 1.165) is 6.92 Å². The van der Waals surface area contributed by atoms with Crippen molar-refractivity contribution in [3.63, 3.8) is 0 Å². The summed E-state index contributed by atoms with van der Waals surface area (Å²) in [6.07, 6.45) is -8.12. The van der Waals surface area contributed by atoms with Crippen molar-refractivity contribution in [1.82, 2.24) is 0 Å². The Kier molecular flexibility index (Phi) is 10.7. The van der Waals surface area contributed by atoms with Gasteiger partial charge in [-0.25, -0.2) is 24.0 Å². The molecule has 15 heteroatoms. The van der Waals surface area contributed by atoms with Gasteiger partial charge in [-0.3, -0.25) is 9.59 Å². The van der Waals surface area contributed by atoms with E-state index in [1.165, 1.54) is 55.5 Å². The highest BCUT2D eigenvalue weighted by Gasteiger charge is 2.89. The number of Topliss-reactive ketones (excluding diaryl/α,β-unsaturated/α-hetero) is 1. The molecule has 9 atom stereocenters. The van der Waals surface area contributed by atoms with Gasteiger partial charge in [-0.1, -0.05) is 86.6 Å². The molecule has 0 radical (unpaired) electrons. The summed E-state index contributed by atoms with van der Waals surface area (Å²) in [5.41, 5.74) is -7.74. The van der Waals surface area contributed by atoms with Crippen LogP contribution >= 0.6 is 0 Å². The molecule has 0 aromatic heterocycles. The first-order chi connectivity index (χ1) is 31.5. The van der Waals surface area contributed by atoms with Gasteiger partial charge in [0.05, 0.1) is 34.3 Å². The largest absolute Gasteiger partial charge is 0.512 e. The number of hydrogen-bond acceptors (Lipinski definition) is 15. The molecule has 4 fully saturated rings. The lowest BCUT2D eigenvalue weighted by Crippen LogP contribution is -2.85. The van der Waals surface area contributed by atoms with Gasteiger partial charge in [-0.2, -0.15) is 0 Å². The Morgan fingerprint density at radius 2 is 1.11 bits per heavy atom. The van der Waals surface area contributed by atoms with Crippen LogP contribution in [0.15, 0.2) is 132 Å². The van der Waals surface area contributed by atoms with Crippen LogP contribution < -0.4 is 0 Å². The molecule has 15 nitrogen and oxygen atoms in total. The zero-order valence-electron chi connectivity index (χ0n) is 36.7. The summed E-state index contributed by atoms with van der Waals surface area (Å²) >= 11 is 0. The number of esters is 5. The van der Waals surface area contributed by atoms with Gasteiger partial charge in [0.15, 0.2) is 17.5 Å². The first-order valence-electron chi connectivity index (χ1n) is 21.5. The van der Waals surface area contributed by atoms with E-state index in [9.17, 15) is 28.8 Å². The van der Waals surface area contributed by atoms with Crippen LogP contribution in [0.3, 0.4) is 0 Å². The van der Waals surface area contributed by atoms with E-state index in [-0.39, 0.29) is 39.8 Å². The molecule has 4 aromatic carbocycles. The van der Waals surface area contributed by atoms with Crippen LogP contribution in [0, 0.1) is 16.7 Å². The fourth-order valence-electron chi connectivity index (χ4n) is 11.1. The summed E-state index contributed by atoms with van der Waals surface area (Å²) in [5, 5.41) is 0. The second-order valence-electron chi connectivity index (χ2n) is 18.0. The molecule has 5 aliphatic rings. The Balaban J connectivity index is 1.36. The standard InChI is InChI=1S/C51H46O15/c1-29-35(60-41(54)31-18-10-6-11-19-31)27-50-47(3,4)38(29)39(62-43(56)33-22-14-8-15-23-33)40(53)48(5)36(61-42(55)32-20-12-7-13-21-32)26-37-49(28-59-37,63-30(2)52)45(48)51(50,66-46(58)65-50)64-44(57)34-24-16-9-17-25-34/h6-25,35-37,39,45H,26-28H2,1-5H3/t35-,36-,37-,39+,45+,48+,49+,50+,51-/m1/s1. The Labute approximate surface area is 379 Å². The van der Waals surface area contributed by atoms with Crippen LogP contribution in [0.5, 0.6) is 0 Å². The van der Waals surface area contributed by atoms with Crippen molar-refractivity contribution in [2.75, 3.05) is 6.61 Å². The van der Waals surface area contributed by atoms with Gasteiger partial charge in [0.1, 0.15) is 24.2 Å². The molecule has 2 saturated carbocycles. The van der Waals surface area contributed by atoms with Gasteiger partial charge in [0, 0.05) is 25.2 Å². The lowest BCUT2D eigenvalue weighted by molar-refractivity contribution is -0.389. The molecule has 0 N–H and O–H groups in total. The zero-order chi connectivity index (χ0) is 46.8. The fourth-order valence-corrected chi connectivity index (χ4v) is 11.1. The maximum Gasteiger partial charge on any atom is 0.512 e. The minimum absolute atomic E-state index is 0.00633. The first kappa shape index (κ1) is 44.1. The molecule has 0 unspecified atom stereocenters. The van der Waals surface area contributed by atoms with Crippen LogP contribution in [0.1, 0.15) is 88.9 Å². The highest BCUT2D eigenvalue weighted by Crippen LogP contribution is 2.71. The normalized spacial score (nSPS) is 31.3. The van der Waals surface area contributed by atoms with Crippen molar-refractivity contribution in [3.05, 3.63) is 155 Å². The smallest absolute Gasteiger partial charge is 0.458 e. The SMILES string of the molecule is CC(=O)O[C@@]12CO[C@@H]1C[C@@H](OC(=O)c1ccccc1)[C@@]1(C)C(=O)[C@@H](OC(=O)c3ccccc3)C3=C(C)[C@H](OC(=O)c4ccccc4)C[C@]4(OC(=O)O[C@]4(OC(=O)c4ccccc4)[C@H]21)C3(C)C. The maximum atomic E-state index is 16.6. The van der Waals surface area contributed by atoms with Gasteiger partial charge < -0.3 is 37.9 Å². The zero-order valence-corrected chi connectivity index (χ0v) is 36.7. The minimum atomic E-state index is -2.82. The monoisotopic (exact) mass is 898 g/mol. The molecule has 3 aliphatic carbocycles. The van der Waals surface area contributed by atoms with Crippen molar-refractivity contribution in [3.8, 4) is 0 Å². The van der Waals surface area contributed by atoms with Crippen LogP contribution in [-0.4, -0.2) is 89.8 Å². The van der Waals surface area contributed by atoms with Crippen molar-refractivity contribution in [2.45, 2.75) is 88.9 Å². The predicted octanol–water partition coefficient (Wildman–Crippen LogP) is 7.18. The van der Waals surface area contributed by atoms with Crippen LogP contribution in [-0.2, 0) is 47.5 Å². The lowest BCUT2D eigenvalue weighted by Gasteiger charge is -2.68. The number of benzene rings is 4. The number of ether oxygens (including phenoxy) is 8. The molecular weight excluding hydrogens is 853 g/mol. The van der Waals surface area contributed by atoms with E-state index in [1.807, 2.05) is 0 Å². The van der Waals surface area contributed by atoms with E-state index < -0.39 is 113 Å². The summed E-state index contributed by atoms with van der Waals surface area (Å²) in [6, 6.07) is 31.7. The third-order valence-electron chi connectivity index (χ3n) is 14.1. The Morgan fingerprint density at radius 3 is 1.59 bits per heavy atom. The Morgan fingerprint density at radius 1 is 0.621 bits per heavy atom. The van der Waals surface area contributed by atoms with Crippen molar-refractivity contribution in [1.29, 1.82) is 0 Å². The second-order valence-corrected chi connectivity index (χ2v) is 18.0. The third kappa shape index (κ3) is 6.61. The Hall–Kier alpha value is -7.13. The molecule has 9 rings (SSSR count). The number of carbonyl (C=O) groups is 7. The van der Waals surface area contributed by atoms with E-state index in [0.29, 0.717) is 0 Å². The highest BCUT2D eigenvalue weighted by atomic mass is 16.9. The summed E-state index contributed by atoms with van der Waals surface area (Å²) in [7, 11) is 0. The van der Waals surface area contributed by atoms with E-state index in [1.54, 1.807) is 93.6 Å². The molecule has 340 valence electrons. The van der Waals surface area contributed by atoms with Gasteiger partial charge in [0.25, 0.3) is 0 Å². The highest BCUT2D eigenvalue weighted by molar-refractivity contribution is 5.99. The molecule has 1 spiro atoms. The number of fused-ring (bicyclic) bond motifs is 5. The molecule has 2 aliphatic heterocycles. The van der Waals surface area contributed by atoms with Crippen molar-refractivity contribution >= 4 is 41.8 Å². The number of hydrogen-bond donors (Lipinski definition) is 0. The summed E-state index contributed by atoms with van der Waals surface area (Å²) in [4.78, 5) is 102. The van der Waals surface area contributed by atoms with Gasteiger partial charge in [-0.05, 0) is 73.5 Å². The average Bonchev–Trinajstić information content (AvgIpc) is 3.59. The summed E-state index contributed by atoms with van der Waals surface area (Å²) in [5.74, 6) is -10.1.